The molecule has 0 spiro atoms. The van der Waals surface area contributed by atoms with Crippen molar-refractivity contribution in [3.05, 3.63) is 89.4 Å². The van der Waals surface area contributed by atoms with Crippen molar-refractivity contribution in [3.8, 4) is 17.6 Å². The van der Waals surface area contributed by atoms with Crippen molar-refractivity contribution in [1.29, 1.82) is 5.26 Å². The monoisotopic (exact) mass is 458 g/mol. The van der Waals surface area contributed by atoms with Crippen LogP contribution in [0.4, 0.5) is 13.2 Å². The molecule has 0 unspecified atom stereocenters. The molecular weight excluding hydrogens is 445 g/mol. The second-order valence-electron chi connectivity index (χ2n) is 6.64. The van der Waals surface area contributed by atoms with Crippen LogP contribution in [0.3, 0.4) is 0 Å². The largest absolute Gasteiger partial charge is 0.454 e. The minimum atomic E-state index is -4.26. The zero-order chi connectivity index (χ0) is 23.0. The molecule has 0 amide bonds. The lowest BCUT2D eigenvalue weighted by molar-refractivity contribution is 0.275. The molecule has 32 heavy (non-hydrogen) atoms. The molecule has 10 heteroatoms. The lowest BCUT2D eigenvalue weighted by atomic mass is 10.1. The second-order valence-corrected chi connectivity index (χ2v) is 8.46. The first-order valence-corrected chi connectivity index (χ1v) is 10.5. The van der Waals surface area contributed by atoms with Gasteiger partial charge in [-0.1, -0.05) is 18.2 Å². The van der Waals surface area contributed by atoms with Gasteiger partial charge in [0.1, 0.15) is 23.2 Å². The van der Waals surface area contributed by atoms with Gasteiger partial charge in [-0.05, 0) is 30.3 Å². The molecule has 6 nitrogen and oxygen atoms in total. The standard InChI is InChI=1S/C22H13F3N2O4S/c23-18-7-6-14(10-13(18)11-26)31-22-17(12-28)16-8-9-27(21(16)19(24)20(22)25)32(29,30)15-4-2-1-3-5-15/h1-10,28H,12H2. The topological polar surface area (TPSA) is 92.3 Å². The summed E-state index contributed by atoms with van der Waals surface area (Å²) in [6, 6.07) is 13.0. The number of halogens is 3. The highest BCUT2D eigenvalue weighted by Crippen LogP contribution is 2.38. The quantitative estimate of drug-likeness (QED) is 0.477. The van der Waals surface area contributed by atoms with Crippen LogP contribution in [0.25, 0.3) is 10.9 Å². The third kappa shape index (κ3) is 3.37. The predicted molar refractivity (Wildman–Crippen MR) is 108 cm³/mol. The predicted octanol–water partition coefficient (Wildman–Crippen LogP) is 4.45. The number of aliphatic hydroxyl groups is 1. The Morgan fingerprint density at radius 1 is 1.03 bits per heavy atom. The van der Waals surface area contributed by atoms with Gasteiger partial charge < -0.3 is 9.84 Å². The first-order chi connectivity index (χ1) is 15.3. The van der Waals surface area contributed by atoms with E-state index in [0.717, 1.165) is 24.4 Å². The van der Waals surface area contributed by atoms with E-state index in [-0.39, 0.29) is 27.2 Å². The first-order valence-electron chi connectivity index (χ1n) is 9.09. The van der Waals surface area contributed by atoms with Gasteiger partial charge in [0.25, 0.3) is 10.0 Å². The Morgan fingerprint density at radius 2 is 1.75 bits per heavy atom. The van der Waals surface area contributed by atoms with Crippen molar-refractivity contribution >= 4 is 20.9 Å². The van der Waals surface area contributed by atoms with Crippen LogP contribution in [0.1, 0.15) is 11.1 Å². The average Bonchev–Trinajstić information content (AvgIpc) is 3.25. The van der Waals surface area contributed by atoms with Crippen molar-refractivity contribution in [2.75, 3.05) is 0 Å². The Hall–Kier alpha value is -3.81. The molecule has 0 radical (unpaired) electrons. The zero-order valence-electron chi connectivity index (χ0n) is 16.1. The van der Waals surface area contributed by atoms with E-state index in [1.807, 2.05) is 0 Å². The Kier molecular flexibility index (Phi) is 5.38. The Balaban J connectivity index is 1.92. The molecule has 1 N–H and O–H groups in total. The molecule has 1 aromatic heterocycles. The average molecular weight is 458 g/mol. The van der Waals surface area contributed by atoms with E-state index in [1.54, 1.807) is 12.1 Å². The van der Waals surface area contributed by atoms with E-state index in [0.29, 0.717) is 3.97 Å². The molecule has 162 valence electrons. The molecule has 3 aromatic carbocycles. The molecule has 4 aromatic rings. The van der Waals surface area contributed by atoms with Crippen molar-refractivity contribution < 1.29 is 31.4 Å². The van der Waals surface area contributed by atoms with Gasteiger partial charge in [0.15, 0.2) is 11.6 Å². The number of fused-ring (bicyclic) bond motifs is 1. The summed E-state index contributed by atoms with van der Waals surface area (Å²) in [5.41, 5.74) is -1.20. The van der Waals surface area contributed by atoms with Gasteiger partial charge in [0, 0.05) is 23.2 Å². The summed E-state index contributed by atoms with van der Waals surface area (Å²) < 4.78 is 75.5. The molecule has 0 aliphatic rings. The highest BCUT2D eigenvalue weighted by atomic mass is 32.2. The summed E-state index contributed by atoms with van der Waals surface area (Å²) in [6.07, 6.45) is 1.05. The summed E-state index contributed by atoms with van der Waals surface area (Å²) in [5, 5.41) is 18.7. The number of ether oxygens (including phenoxy) is 1. The first kappa shape index (κ1) is 21.4. The summed E-state index contributed by atoms with van der Waals surface area (Å²) in [6.45, 7) is -0.815. The molecule has 0 aliphatic heterocycles. The molecule has 0 bridgehead atoms. The molecule has 1 heterocycles. The van der Waals surface area contributed by atoms with Crippen LogP contribution in [0.5, 0.6) is 11.5 Å². The van der Waals surface area contributed by atoms with Crippen LogP contribution in [0.15, 0.2) is 65.7 Å². The number of aromatic nitrogens is 1. The van der Waals surface area contributed by atoms with Gasteiger partial charge in [-0.25, -0.2) is 21.2 Å². The Morgan fingerprint density at radius 3 is 2.41 bits per heavy atom. The highest BCUT2D eigenvalue weighted by Gasteiger charge is 2.28. The number of hydrogen-bond donors (Lipinski definition) is 1. The van der Waals surface area contributed by atoms with Gasteiger partial charge in [-0.15, -0.1) is 0 Å². The third-order valence-corrected chi connectivity index (χ3v) is 6.48. The number of aliphatic hydroxyl groups excluding tert-OH is 1. The van der Waals surface area contributed by atoms with E-state index in [9.17, 15) is 17.9 Å². The van der Waals surface area contributed by atoms with E-state index in [1.165, 1.54) is 30.3 Å². The van der Waals surface area contributed by atoms with E-state index >= 15 is 8.78 Å². The van der Waals surface area contributed by atoms with Crippen LogP contribution >= 0.6 is 0 Å². The molecule has 0 saturated carbocycles. The van der Waals surface area contributed by atoms with Gasteiger partial charge in [-0.3, -0.25) is 0 Å². The number of rotatable bonds is 5. The summed E-state index contributed by atoms with van der Waals surface area (Å²) in [7, 11) is -4.26. The summed E-state index contributed by atoms with van der Waals surface area (Å²) >= 11 is 0. The molecule has 4 rings (SSSR count). The summed E-state index contributed by atoms with van der Waals surface area (Å²) in [4.78, 5) is -0.140. The molecule has 0 saturated heterocycles. The maximum absolute atomic E-state index is 15.1. The van der Waals surface area contributed by atoms with Crippen molar-refractivity contribution in [2.24, 2.45) is 0 Å². The van der Waals surface area contributed by atoms with E-state index < -0.39 is 45.3 Å². The van der Waals surface area contributed by atoms with Crippen LogP contribution < -0.4 is 4.74 Å². The zero-order valence-corrected chi connectivity index (χ0v) is 16.9. The van der Waals surface area contributed by atoms with Crippen LogP contribution in [-0.4, -0.2) is 17.5 Å². The minimum absolute atomic E-state index is 0.0940. The highest BCUT2D eigenvalue weighted by molar-refractivity contribution is 7.90. The van der Waals surface area contributed by atoms with Gasteiger partial charge in [0.05, 0.1) is 17.1 Å². The number of benzene rings is 3. The van der Waals surface area contributed by atoms with Crippen molar-refractivity contribution in [2.45, 2.75) is 11.5 Å². The van der Waals surface area contributed by atoms with Gasteiger partial charge in [0.2, 0.25) is 5.82 Å². The van der Waals surface area contributed by atoms with Gasteiger partial charge in [-0.2, -0.15) is 9.65 Å². The Bertz CT molecular complexity index is 1490. The van der Waals surface area contributed by atoms with E-state index in [2.05, 4.69) is 0 Å². The maximum atomic E-state index is 15.1. The van der Waals surface area contributed by atoms with Crippen LogP contribution in [-0.2, 0) is 16.6 Å². The molecule has 0 fully saturated rings. The summed E-state index contributed by atoms with van der Waals surface area (Å²) in [5.74, 6) is -4.77. The third-order valence-electron chi connectivity index (χ3n) is 4.79. The lowest BCUT2D eigenvalue weighted by Gasteiger charge is -2.15. The van der Waals surface area contributed by atoms with Crippen molar-refractivity contribution in [3.63, 3.8) is 0 Å². The number of nitrogens with zero attached hydrogens (tertiary/aromatic N) is 2. The lowest BCUT2D eigenvalue weighted by Crippen LogP contribution is -2.13. The van der Waals surface area contributed by atoms with E-state index in [4.69, 9.17) is 10.00 Å². The smallest absolute Gasteiger partial charge is 0.268 e. The fourth-order valence-electron chi connectivity index (χ4n) is 3.27. The van der Waals surface area contributed by atoms with Crippen LogP contribution in [0.2, 0.25) is 0 Å². The minimum Gasteiger partial charge on any atom is -0.454 e. The SMILES string of the molecule is N#Cc1cc(Oc2c(F)c(F)c3c(ccn3S(=O)(=O)c3ccccc3)c2CO)ccc1F. The maximum Gasteiger partial charge on any atom is 0.268 e. The molecule has 0 aliphatic carbocycles. The van der Waals surface area contributed by atoms with Crippen molar-refractivity contribution in [1.82, 2.24) is 3.97 Å². The second kappa shape index (κ2) is 8.03. The van der Waals surface area contributed by atoms with Gasteiger partial charge >= 0.3 is 0 Å². The molecule has 0 atom stereocenters. The van der Waals surface area contributed by atoms with Crippen LogP contribution in [0, 0.1) is 28.8 Å². The fraction of sp³-hybridized carbons (Fsp3) is 0.0455. The fourth-order valence-corrected chi connectivity index (χ4v) is 4.64. The number of hydrogen-bond acceptors (Lipinski definition) is 5. The number of nitriles is 1. The Labute approximate surface area is 180 Å². The molecular formula is C22H13F3N2O4S. The normalized spacial score (nSPS) is 11.5.